The molecule has 1 aromatic carbocycles. The molecule has 1 unspecified atom stereocenters. The summed E-state index contributed by atoms with van der Waals surface area (Å²) >= 11 is 5.90. The van der Waals surface area contributed by atoms with Gasteiger partial charge in [0, 0.05) is 17.6 Å². The molecule has 1 rings (SSSR count). The Morgan fingerprint density at radius 3 is 2.50 bits per heavy atom. The summed E-state index contributed by atoms with van der Waals surface area (Å²) in [6.45, 7) is 2.68. The second-order valence-electron chi connectivity index (χ2n) is 3.72. The van der Waals surface area contributed by atoms with E-state index in [1.54, 1.807) is 0 Å². The van der Waals surface area contributed by atoms with Gasteiger partial charge in [-0.2, -0.15) is 0 Å². The molecule has 78 valence electrons. The predicted molar refractivity (Wildman–Crippen MR) is 61.7 cm³/mol. The first-order valence-corrected chi connectivity index (χ1v) is 5.06. The van der Waals surface area contributed by atoms with Crippen LogP contribution in [0.25, 0.3) is 0 Å². The van der Waals surface area contributed by atoms with Gasteiger partial charge in [0.05, 0.1) is 0 Å². The maximum absolute atomic E-state index is 5.90. The van der Waals surface area contributed by atoms with Crippen LogP contribution in [-0.2, 0) is 0 Å². The van der Waals surface area contributed by atoms with Crippen molar-refractivity contribution in [1.29, 1.82) is 0 Å². The summed E-state index contributed by atoms with van der Waals surface area (Å²) in [5, 5.41) is 0.778. The molecule has 2 N–H and O–H groups in total. The number of likely N-dealkylation sites (N-methyl/N-ethyl adjacent to an activating group) is 1. The molecule has 0 saturated heterocycles. The van der Waals surface area contributed by atoms with Crippen LogP contribution in [0.1, 0.15) is 17.2 Å². The molecule has 1 aromatic rings. The molecule has 14 heavy (non-hydrogen) atoms. The van der Waals surface area contributed by atoms with Crippen molar-refractivity contribution in [2.75, 3.05) is 20.6 Å². The molecule has 2 nitrogen and oxygen atoms in total. The Labute approximate surface area is 90.7 Å². The maximum Gasteiger partial charge on any atom is 0.0467 e. The lowest BCUT2D eigenvalue weighted by Gasteiger charge is -2.24. The van der Waals surface area contributed by atoms with Crippen molar-refractivity contribution in [3.8, 4) is 0 Å². The summed E-state index contributed by atoms with van der Waals surface area (Å²) in [6, 6.07) is 6.21. The lowest BCUT2D eigenvalue weighted by molar-refractivity contribution is 0.305. The van der Waals surface area contributed by atoms with Crippen LogP contribution >= 0.6 is 11.6 Å². The lowest BCUT2D eigenvalue weighted by atomic mass is 10.0. The van der Waals surface area contributed by atoms with Gasteiger partial charge in [-0.25, -0.2) is 0 Å². The number of nitrogens with two attached hydrogens (primary N) is 1. The quantitative estimate of drug-likeness (QED) is 0.833. The van der Waals surface area contributed by atoms with E-state index in [1.165, 1.54) is 11.1 Å². The van der Waals surface area contributed by atoms with Crippen LogP contribution in [-0.4, -0.2) is 25.5 Å². The minimum absolute atomic E-state index is 0.271. The molecule has 1 atom stereocenters. The fourth-order valence-corrected chi connectivity index (χ4v) is 1.86. The number of hydrogen-bond acceptors (Lipinski definition) is 2. The van der Waals surface area contributed by atoms with E-state index in [0.29, 0.717) is 6.54 Å². The average molecular weight is 213 g/mol. The molecule has 0 radical (unpaired) electrons. The summed E-state index contributed by atoms with van der Waals surface area (Å²) in [7, 11) is 4.07. The molecule has 3 heteroatoms. The SMILES string of the molecule is Cc1cc(Cl)ccc1C(CN)N(C)C. The van der Waals surface area contributed by atoms with Gasteiger partial charge in [0.15, 0.2) is 0 Å². The van der Waals surface area contributed by atoms with E-state index in [9.17, 15) is 0 Å². The molecule has 0 bridgehead atoms. The fraction of sp³-hybridized carbons (Fsp3) is 0.455. The van der Waals surface area contributed by atoms with Gasteiger partial charge >= 0.3 is 0 Å². The van der Waals surface area contributed by atoms with Crippen LogP contribution < -0.4 is 5.73 Å². The monoisotopic (exact) mass is 212 g/mol. The van der Waals surface area contributed by atoms with Gasteiger partial charge in [0.1, 0.15) is 0 Å². The smallest absolute Gasteiger partial charge is 0.0467 e. The minimum atomic E-state index is 0.271. The summed E-state index contributed by atoms with van der Waals surface area (Å²) in [5.41, 5.74) is 8.19. The summed E-state index contributed by atoms with van der Waals surface area (Å²) in [6.07, 6.45) is 0. The molecule has 0 amide bonds. The highest BCUT2D eigenvalue weighted by molar-refractivity contribution is 6.30. The maximum atomic E-state index is 5.90. The average Bonchev–Trinajstić information content (AvgIpc) is 2.09. The van der Waals surface area contributed by atoms with Crippen LogP contribution in [0.2, 0.25) is 5.02 Å². The van der Waals surface area contributed by atoms with E-state index < -0.39 is 0 Å². The Kier molecular flexibility index (Phi) is 3.93. The molecule has 0 aromatic heterocycles. The first kappa shape index (κ1) is 11.5. The third-order valence-corrected chi connectivity index (χ3v) is 2.67. The van der Waals surface area contributed by atoms with Crippen molar-refractivity contribution < 1.29 is 0 Å². The van der Waals surface area contributed by atoms with Gasteiger partial charge in [-0.05, 0) is 44.3 Å². The zero-order valence-electron chi connectivity index (χ0n) is 8.92. The molecular weight excluding hydrogens is 196 g/mol. The molecule has 0 saturated carbocycles. The highest BCUT2D eigenvalue weighted by Crippen LogP contribution is 2.23. The Bertz CT molecular complexity index is 310. The normalized spacial score (nSPS) is 13.3. The molecule has 0 heterocycles. The number of hydrogen-bond donors (Lipinski definition) is 1. The molecule has 0 spiro atoms. The van der Waals surface area contributed by atoms with Crippen LogP contribution in [0.5, 0.6) is 0 Å². The van der Waals surface area contributed by atoms with E-state index in [-0.39, 0.29) is 6.04 Å². The van der Waals surface area contributed by atoms with Crippen molar-refractivity contribution >= 4 is 11.6 Å². The summed E-state index contributed by atoms with van der Waals surface area (Å²) in [5.74, 6) is 0. The topological polar surface area (TPSA) is 29.3 Å². The van der Waals surface area contributed by atoms with Crippen LogP contribution in [0.3, 0.4) is 0 Å². The van der Waals surface area contributed by atoms with E-state index in [0.717, 1.165) is 5.02 Å². The zero-order valence-corrected chi connectivity index (χ0v) is 9.67. The zero-order chi connectivity index (χ0) is 10.7. The van der Waals surface area contributed by atoms with E-state index in [4.69, 9.17) is 17.3 Å². The van der Waals surface area contributed by atoms with Gasteiger partial charge in [0.2, 0.25) is 0 Å². The van der Waals surface area contributed by atoms with Crippen molar-refractivity contribution in [3.05, 3.63) is 34.3 Å². The van der Waals surface area contributed by atoms with Gasteiger partial charge in [-0.1, -0.05) is 17.7 Å². The van der Waals surface area contributed by atoms with Crippen molar-refractivity contribution in [3.63, 3.8) is 0 Å². The third-order valence-electron chi connectivity index (χ3n) is 2.44. The highest BCUT2D eigenvalue weighted by atomic mass is 35.5. The van der Waals surface area contributed by atoms with Crippen molar-refractivity contribution in [1.82, 2.24) is 4.90 Å². The number of halogens is 1. The van der Waals surface area contributed by atoms with Gasteiger partial charge < -0.3 is 10.6 Å². The van der Waals surface area contributed by atoms with Crippen LogP contribution in [0, 0.1) is 6.92 Å². The van der Waals surface area contributed by atoms with Gasteiger partial charge in [-0.3, -0.25) is 0 Å². The van der Waals surface area contributed by atoms with E-state index in [2.05, 4.69) is 17.9 Å². The highest BCUT2D eigenvalue weighted by Gasteiger charge is 2.13. The number of aryl methyl sites for hydroxylation is 1. The lowest BCUT2D eigenvalue weighted by Crippen LogP contribution is -2.27. The van der Waals surface area contributed by atoms with Gasteiger partial charge in [-0.15, -0.1) is 0 Å². The van der Waals surface area contributed by atoms with Gasteiger partial charge in [0.25, 0.3) is 0 Å². The van der Waals surface area contributed by atoms with Crippen molar-refractivity contribution in [2.24, 2.45) is 5.73 Å². The largest absolute Gasteiger partial charge is 0.329 e. The second-order valence-corrected chi connectivity index (χ2v) is 4.15. The third kappa shape index (κ3) is 2.47. The number of rotatable bonds is 3. The summed E-state index contributed by atoms with van der Waals surface area (Å²) < 4.78 is 0. The first-order chi connectivity index (χ1) is 6.56. The first-order valence-electron chi connectivity index (χ1n) is 4.68. The molecule has 0 aliphatic rings. The standard InChI is InChI=1S/C11H17ClN2/c1-8-6-9(12)4-5-10(8)11(7-13)14(2)3/h4-6,11H,7,13H2,1-3H3. The second kappa shape index (κ2) is 4.78. The fourth-order valence-electron chi connectivity index (χ4n) is 1.63. The Morgan fingerprint density at radius 2 is 2.07 bits per heavy atom. The van der Waals surface area contributed by atoms with Crippen LogP contribution in [0.15, 0.2) is 18.2 Å². The van der Waals surface area contributed by atoms with E-state index >= 15 is 0 Å². The Balaban J connectivity index is 3.04. The number of nitrogens with zero attached hydrogens (tertiary/aromatic N) is 1. The van der Waals surface area contributed by atoms with E-state index in [1.807, 2.05) is 26.2 Å². The van der Waals surface area contributed by atoms with Crippen LogP contribution in [0.4, 0.5) is 0 Å². The summed E-state index contributed by atoms with van der Waals surface area (Å²) in [4.78, 5) is 2.12. The Morgan fingerprint density at radius 1 is 1.43 bits per heavy atom. The number of benzene rings is 1. The molecule has 0 fully saturated rings. The molecule has 0 aliphatic heterocycles. The predicted octanol–water partition coefficient (Wildman–Crippen LogP) is 2.21. The molecular formula is C11H17ClN2. The molecule has 0 aliphatic carbocycles. The minimum Gasteiger partial charge on any atom is -0.329 e. The van der Waals surface area contributed by atoms with Crippen molar-refractivity contribution in [2.45, 2.75) is 13.0 Å². The Hall–Kier alpha value is -0.570.